The number of rotatable bonds is 2. The minimum atomic E-state index is -0.330. The number of hydrogen-bond acceptors (Lipinski definition) is 3. The highest BCUT2D eigenvalue weighted by molar-refractivity contribution is 6.11. The molecule has 0 aliphatic heterocycles. The van der Waals surface area contributed by atoms with E-state index in [1.807, 2.05) is 36.4 Å². The molecule has 0 radical (unpaired) electrons. The third-order valence-electron chi connectivity index (χ3n) is 12.5. The van der Waals surface area contributed by atoms with Crippen LogP contribution in [0.3, 0.4) is 0 Å². The average molecular weight is 687 g/mol. The van der Waals surface area contributed by atoms with Gasteiger partial charge in [-0.25, -0.2) is 0 Å². The van der Waals surface area contributed by atoms with Crippen molar-refractivity contribution in [3.63, 3.8) is 0 Å². The van der Waals surface area contributed by atoms with Crippen molar-refractivity contribution < 1.29 is 0 Å². The summed E-state index contributed by atoms with van der Waals surface area (Å²) in [5, 5.41) is 33.5. The third kappa shape index (κ3) is 3.78. The minimum Gasteiger partial charge on any atom is -0.309 e. The van der Waals surface area contributed by atoms with E-state index < -0.39 is 0 Å². The third-order valence-corrected chi connectivity index (χ3v) is 12.5. The molecule has 0 unspecified atom stereocenters. The largest absolute Gasteiger partial charge is 0.309 e. The SMILES string of the molecule is CC1(C)c2ccccc2-c2cc3c4ccccc4n(-c4cccc(-c5cc(C#N)cc6c5C5c7cccc(C#N)c7C6c6c(C#N)cccc65)c4)c3cc21. The zero-order valence-corrected chi connectivity index (χ0v) is 29.6. The van der Waals surface area contributed by atoms with E-state index in [4.69, 9.17) is 0 Å². The highest BCUT2D eigenvalue weighted by Gasteiger charge is 2.45. The Morgan fingerprint density at radius 2 is 1.20 bits per heavy atom. The summed E-state index contributed by atoms with van der Waals surface area (Å²) in [6.45, 7) is 4.65. The maximum absolute atomic E-state index is 10.4. The molecule has 7 aromatic carbocycles. The zero-order chi connectivity index (χ0) is 36.5. The van der Waals surface area contributed by atoms with Crippen LogP contribution in [0.5, 0.6) is 0 Å². The quantitative estimate of drug-likeness (QED) is 0.182. The van der Waals surface area contributed by atoms with Crippen molar-refractivity contribution in [3.05, 3.63) is 195 Å². The smallest absolute Gasteiger partial charge is 0.0994 e. The highest BCUT2D eigenvalue weighted by Crippen LogP contribution is 2.59. The van der Waals surface area contributed by atoms with Gasteiger partial charge in [0.2, 0.25) is 0 Å². The van der Waals surface area contributed by atoms with Gasteiger partial charge in [-0.2, -0.15) is 15.8 Å². The summed E-state index contributed by atoms with van der Waals surface area (Å²) in [4.78, 5) is 0. The van der Waals surface area contributed by atoms with Gasteiger partial charge in [-0.3, -0.25) is 0 Å². The Kier molecular flexibility index (Phi) is 6.02. The monoisotopic (exact) mass is 686 g/mol. The normalized spacial score (nSPS) is 16.4. The van der Waals surface area contributed by atoms with Crippen LogP contribution in [0.4, 0.5) is 0 Å². The van der Waals surface area contributed by atoms with E-state index in [0.29, 0.717) is 16.7 Å². The van der Waals surface area contributed by atoms with E-state index in [9.17, 15) is 15.8 Å². The van der Waals surface area contributed by atoms with Gasteiger partial charge in [-0.15, -0.1) is 0 Å². The fourth-order valence-corrected chi connectivity index (χ4v) is 10.2. The highest BCUT2D eigenvalue weighted by atomic mass is 15.0. The van der Waals surface area contributed by atoms with Crippen LogP contribution in [0, 0.1) is 34.0 Å². The molecule has 4 nitrogen and oxygen atoms in total. The molecular formula is C50H30N4. The molecule has 2 bridgehead atoms. The van der Waals surface area contributed by atoms with Crippen LogP contribution in [0.1, 0.15) is 86.9 Å². The summed E-state index contributed by atoms with van der Waals surface area (Å²) < 4.78 is 2.39. The molecule has 0 atom stereocenters. The lowest BCUT2D eigenvalue weighted by Gasteiger charge is -2.44. The first kappa shape index (κ1) is 30.4. The second-order valence-electron chi connectivity index (χ2n) is 15.3. The first-order valence-electron chi connectivity index (χ1n) is 18.3. The summed E-state index contributed by atoms with van der Waals surface area (Å²) in [6.07, 6.45) is 0. The molecule has 1 heterocycles. The molecule has 0 fully saturated rings. The molecule has 54 heavy (non-hydrogen) atoms. The average Bonchev–Trinajstić information content (AvgIpc) is 3.66. The van der Waals surface area contributed by atoms with E-state index in [1.54, 1.807) is 0 Å². The van der Waals surface area contributed by atoms with Gasteiger partial charge in [0.25, 0.3) is 0 Å². The molecular weight excluding hydrogens is 657 g/mol. The van der Waals surface area contributed by atoms with E-state index >= 15 is 0 Å². The lowest BCUT2D eigenvalue weighted by atomic mass is 9.58. The molecule has 0 saturated carbocycles. The van der Waals surface area contributed by atoms with Crippen LogP contribution >= 0.6 is 0 Å². The fourth-order valence-electron chi connectivity index (χ4n) is 10.2. The topological polar surface area (TPSA) is 76.3 Å². The van der Waals surface area contributed by atoms with Crippen molar-refractivity contribution in [2.75, 3.05) is 0 Å². The van der Waals surface area contributed by atoms with Gasteiger partial charge in [-0.1, -0.05) is 92.7 Å². The number of nitrogens with zero attached hydrogens (tertiary/aromatic N) is 4. The number of hydrogen-bond donors (Lipinski definition) is 0. The maximum Gasteiger partial charge on any atom is 0.0994 e. The zero-order valence-electron chi connectivity index (χ0n) is 29.6. The Morgan fingerprint density at radius 1 is 0.500 bits per heavy atom. The van der Waals surface area contributed by atoms with E-state index in [-0.39, 0.29) is 17.3 Å². The maximum atomic E-state index is 10.4. The van der Waals surface area contributed by atoms with Gasteiger partial charge in [0, 0.05) is 33.7 Å². The second kappa shape index (κ2) is 10.7. The van der Waals surface area contributed by atoms with Crippen molar-refractivity contribution in [3.8, 4) is 46.1 Å². The molecule has 0 spiro atoms. The first-order valence-corrected chi connectivity index (χ1v) is 18.3. The number of para-hydroxylation sites is 1. The molecule has 250 valence electrons. The second-order valence-corrected chi connectivity index (χ2v) is 15.3. The molecule has 4 aliphatic rings. The molecule has 0 N–H and O–H groups in total. The van der Waals surface area contributed by atoms with Crippen molar-refractivity contribution >= 4 is 21.8 Å². The lowest BCUT2D eigenvalue weighted by molar-refractivity contribution is 0.661. The number of aromatic nitrogens is 1. The Balaban J connectivity index is 1.17. The Morgan fingerprint density at radius 3 is 1.94 bits per heavy atom. The number of nitriles is 3. The van der Waals surface area contributed by atoms with Crippen LogP contribution in [0.15, 0.2) is 133 Å². The van der Waals surface area contributed by atoms with Gasteiger partial charge in [0.1, 0.15) is 0 Å². The predicted octanol–water partition coefficient (Wildman–Crippen LogP) is 11.4. The Hall–Kier alpha value is -7.19. The summed E-state index contributed by atoms with van der Waals surface area (Å²) in [6, 6.07) is 54.2. The summed E-state index contributed by atoms with van der Waals surface area (Å²) in [7, 11) is 0. The molecule has 8 aromatic rings. The van der Waals surface area contributed by atoms with Crippen LogP contribution in [0.25, 0.3) is 49.7 Å². The van der Waals surface area contributed by atoms with Gasteiger partial charge in [0.05, 0.1) is 45.9 Å². The van der Waals surface area contributed by atoms with Gasteiger partial charge >= 0.3 is 0 Å². The molecule has 12 rings (SSSR count). The molecule has 0 saturated heterocycles. The Labute approximate surface area is 313 Å². The minimum absolute atomic E-state index is 0.136. The van der Waals surface area contributed by atoms with E-state index in [1.165, 1.54) is 33.0 Å². The van der Waals surface area contributed by atoms with Crippen molar-refractivity contribution in [2.45, 2.75) is 31.1 Å². The summed E-state index contributed by atoms with van der Waals surface area (Å²) in [5.74, 6) is -0.522. The van der Waals surface area contributed by atoms with Crippen LogP contribution in [0.2, 0.25) is 0 Å². The van der Waals surface area contributed by atoms with E-state index in [0.717, 1.165) is 61.2 Å². The van der Waals surface area contributed by atoms with Crippen LogP contribution in [-0.2, 0) is 5.41 Å². The van der Waals surface area contributed by atoms with Crippen molar-refractivity contribution in [1.82, 2.24) is 4.57 Å². The van der Waals surface area contributed by atoms with Gasteiger partial charge < -0.3 is 4.57 Å². The lowest BCUT2D eigenvalue weighted by Crippen LogP contribution is -2.30. The fraction of sp³-hybridized carbons (Fsp3) is 0.100. The van der Waals surface area contributed by atoms with E-state index in [2.05, 4.69) is 134 Å². The first-order chi connectivity index (χ1) is 26.4. The standard InChI is InChI=1S/C50H30N4/c1-50(2)41-18-5-3-14-33(41)38-23-39-34-15-4-6-19-43(34)54(44(39)24-42(38)50)32-13-7-10-29(22-32)37-20-28(25-51)21-40-48(37)47-35-16-8-11-30(26-52)45(35)49(40)46-31(27-53)12-9-17-36(46)47/h3-24,47,49H,1-2H3. The molecule has 0 amide bonds. The molecule has 4 heteroatoms. The van der Waals surface area contributed by atoms with Crippen molar-refractivity contribution in [1.29, 1.82) is 15.8 Å². The van der Waals surface area contributed by atoms with Crippen LogP contribution < -0.4 is 0 Å². The number of fused-ring (bicyclic) bond motifs is 6. The number of benzene rings is 7. The summed E-state index contributed by atoms with van der Waals surface area (Å²) >= 11 is 0. The Bertz CT molecular complexity index is 3070. The predicted molar refractivity (Wildman–Crippen MR) is 213 cm³/mol. The summed E-state index contributed by atoms with van der Waals surface area (Å²) in [5.41, 5.74) is 18.5. The van der Waals surface area contributed by atoms with Gasteiger partial charge in [-0.05, 0) is 121 Å². The van der Waals surface area contributed by atoms with Gasteiger partial charge in [0.15, 0.2) is 0 Å². The van der Waals surface area contributed by atoms with Crippen molar-refractivity contribution in [2.24, 2.45) is 0 Å². The van der Waals surface area contributed by atoms with Crippen LogP contribution in [-0.4, -0.2) is 4.57 Å². The molecule has 1 aromatic heterocycles. The molecule has 4 aliphatic carbocycles.